The van der Waals surface area contributed by atoms with Crippen molar-refractivity contribution in [3.05, 3.63) is 54.3 Å². The van der Waals surface area contributed by atoms with Gasteiger partial charge in [-0.2, -0.15) is 0 Å². The second-order valence-corrected chi connectivity index (χ2v) is 6.76. The van der Waals surface area contributed by atoms with Crippen molar-refractivity contribution in [2.45, 2.75) is 11.8 Å². The topological polar surface area (TPSA) is 95.4 Å². The predicted molar refractivity (Wildman–Crippen MR) is 90.0 cm³/mol. The molecule has 124 valence electrons. The molecule has 0 atom stereocenters. The maximum Gasteiger partial charge on any atom is 0.238 e. The third kappa shape index (κ3) is 2.91. The van der Waals surface area contributed by atoms with Gasteiger partial charge in [0.2, 0.25) is 10.0 Å². The number of ether oxygens (including phenoxy) is 1. The summed E-state index contributed by atoms with van der Waals surface area (Å²) in [4.78, 5) is 0.0334. The second kappa shape index (κ2) is 6.10. The van der Waals surface area contributed by atoms with Crippen LogP contribution in [0.2, 0.25) is 0 Å². The van der Waals surface area contributed by atoms with Crippen LogP contribution >= 0.6 is 0 Å². The average molecular weight is 344 g/mol. The largest absolute Gasteiger partial charge is 0.497 e. The molecule has 24 heavy (non-hydrogen) atoms. The van der Waals surface area contributed by atoms with E-state index in [0.717, 1.165) is 5.56 Å². The number of aryl methyl sites for hydroxylation is 1. The maximum absolute atomic E-state index is 11.9. The molecule has 0 bridgehead atoms. The molecule has 2 N–H and O–H groups in total. The quantitative estimate of drug-likeness (QED) is 0.785. The van der Waals surface area contributed by atoms with Gasteiger partial charge in [0.25, 0.3) is 0 Å². The van der Waals surface area contributed by atoms with Gasteiger partial charge in [0.05, 0.1) is 17.6 Å². The monoisotopic (exact) mass is 344 g/mol. The minimum atomic E-state index is -3.88. The molecule has 0 spiro atoms. The highest BCUT2D eigenvalue weighted by atomic mass is 32.2. The van der Waals surface area contributed by atoms with Crippen LogP contribution in [0.5, 0.6) is 5.75 Å². The number of nitrogens with zero attached hydrogens (tertiary/aromatic N) is 1. The molecule has 0 fully saturated rings. The summed E-state index contributed by atoms with van der Waals surface area (Å²) in [5.41, 5.74) is 2.40. The molecule has 0 amide bonds. The lowest BCUT2D eigenvalue weighted by Gasteiger charge is -2.08. The normalized spacial score (nSPS) is 11.5. The standard InChI is InChI=1S/C17H16N2O4S/c1-11-16(14-5-3-4-6-15(14)24(18,20)21)17(19-23-11)12-7-9-13(22-2)10-8-12/h3-10H,1-2H3,(H2,18,20,21). The molecule has 6 nitrogen and oxygen atoms in total. The number of methoxy groups -OCH3 is 1. The maximum atomic E-state index is 11.9. The van der Waals surface area contributed by atoms with Crippen molar-refractivity contribution in [1.29, 1.82) is 0 Å². The smallest absolute Gasteiger partial charge is 0.238 e. The fourth-order valence-electron chi connectivity index (χ4n) is 2.56. The first kappa shape index (κ1) is 16.2. The van der Waals surface area contributed by atoms with Crippen molar-refractivity contribution in [3.8, 4) is 28.1 Å². The predicted octanol–water partition coefficient (Wildman–Crippen LogP) is 2.97. The molecule has 3 rings (SSSR count). The van der Waals surface area contributed by atoms with Crippen molar-refractivity contribution < 1.29 is 17.7 Å². The summed E-state index contributed by atoms with van der Waals surface area (Å²) in [5, 5.41) is 9.43. The first-order valence-corrected chi connectivity index (χ1v) is 8.69. The summed E-state index contributed by atoms with van der Waals surface area (Å²) >= 11 is 0. The molecular weight excluding hydrogens is 328 g/mol. The highest BCUT2D eigenvalue weighted by molar-refractivity contribution is 7.89. The van der Waals surface area contributed by atoms with Crippen LogP contribution in [0.3, 0.4) is 0 Å². The van der Waals surface area contributed by atoms with Gasteiger partial charge in [0.1, 0.15) is 17.2 Å². The fourth-order valence-corrected chi connectivity index (χ4v) is 3.30. The highest BCUT2D eigenvalue weighted by Crippen LogP contribution is 2.37. The Morgan fingerprint density at radius 1 is 1.08 bits per heavy atom. The van der Waals surface area contributed by atoms with Gasteiger partial charge in [-0.15, -0.1) is 0 Å². The van der Waals surface area contributed by atoms with E-state index >= 15 is 0 Å². The summed E-state index contributed by atoms with van der Waals surface area (Å²) in [6.07, 6.45) is 0. The van der Waals surface area contributed by atoms with Gasteiger partial charge in [-0.05, 0) is 37.3 Å². The summed E-state index contributed by atoms with van der Waals surface area (Å²) in [5.74, 6) is 1.22. The van der Waals surface area contributed by atoms with E-state index in [1.54, 1.807) is 44.4 Å². The lowest BCUT2D eigenvalue weighted by Crippen LogP contribution is -2.13. The molecule has 2 aromatic carbocycles. The number of benzene rings is 2. The SMILES string of the molecule is COc1ccc(-c2noc(C)c2-c2ccccc2S(N)(=O)=O)cc1. The molecule has 1 aromatic heterocycles. The Hall–Kier alpha value is -2.64. The zero-order valence-corrected chi connectivity index (χ0v) is 14.0. The molecule has 0 aliphatic carbocycles. The molecule has 0 radical (unpaired) electrons. The van der Waals surface area contributed by atoms with Crippen molar-refractivity contribution in [3.63, 3.8) is 0 Å². The zero-order valence-electron chi connectivity index (χ0n) is 13.2. The molecule has 0 saturated carbocycles. The number of aromatic nitrogens is 1. The fraction of sp³-hybridized carbons (Fsp3) is 0.118. The van der Waals surface area contributed by atoms with E-state index in [9.17, 15) is 8.42 Å². The van der Waals surface area contributed by atoms with Crippen LogP contribution in [-0.2, 0) is 10.0 Å². The Labute approximate surface area is 139 Å². The lowest BCUT2D eigenvalue weighted by molar-refractivity contribution is 0.400. The first-order valence-electron chi connectivity index (χ1n) is 7.14. The number of primary sulfonamides is 1. The molecule has 1 heterocycles. The molecular formula is C17H16N2O4S. The van der Waals surface area contributed by atoms with Gasteiger partial charge in [0.15, 0.2) is 0 Å². The number of nitrogens with two attached hydrogens (primary N) is 1. The molecule has 3 aromatic rings. The van der Waals surface area contributed by atoms with Crippen molar-refractivity contribution in [2.24, 2.45) is 5.14 Å². The summed E-state index contributed by atoms with van der Waals surface area (Å²) in [6, 6.07) is 13.8. The first-order chi connectivity index (χ1) is 11.4. The minimum Gasteiger partial charge on any atom is -0.497 e. The molecule has 0 aliphatic rings. The number of sulfonamides is 1. The van der Waals surface area contributed by atoms with Crippen LogP contribution in [0, 0.1) is 6.92 Å². The highest BCUT2D eigenvalue weighted by Gasteiger charge is 2.22. The van der Waals surface area contributed by atoms with E-state index in [-0.39, 0.29) is 4.90 Å². The average Bonchev–Trinajstić information content (AvgIpc) is 2.95. The van der Waals surface area contributed by atoms with E-state index < -0.39 is 10.0 Å². The molecule has 0 saturated heterocycles. The van der Waals surface area contributed by atoms with Crippen LogP contribution in [0.4, 0.5) is 0 Å². The number of hydrogen-bond acceptors (Lipinski definition) is 5. The molecule has 7 heteroatoms. The van der Waals surface area contributed by atoms with Crippen LogP contribution in [0.1, 0.15) is 5.76 Å². The summed E-state index contributed by atoms with van der Waals surface area (Å²) in [6.45, 7) is 1.73. The van der Waals surface area contributed by atoms with E-state index in [2.05, 4.69) is 5.16 Å². The van der Waals surface area contributed by atoms with Crippen molar-refractivity contribution in [2.75, 3.05) is 7.11 Å². The third-order valence-corrected chi connectivity index (χ3v) is 4.66. The van der Waals surface area contributed by atoms with E-state index in [0.29, 0.717) is 28.3 Å². The Morgan fingerprint density at radius 2 is 1.75 bits per heavy atom. The van der Waals surface area contributed by atoms with Crippen LogP contribution in [-0.4, -0.2) is 20.7 Å². The lowest BCUT2D eigenvalue weighted by atomic mass is 9.99. The minimum absolute atomic E-state index is 0.0334. The zero-order chi connectivity index (χ0) is 17.3. The molecule has 0 unspecified atom stereocenters. The number of hydrogen-bond donors (Lipinski definition) is 1. The van der Waals surface area contributed by atoms with Crippen LogP contribution < -0.4 is 9.88 Å². The van der Waals surface area contributed by atoms with Gasteiger partial charge in [0, 0.05) is 11.1 Å². The number of rotatable bonds is 4. The van der Waals surface area contributed by atoms with Crippen molar-refractivity contribution in [1.82, 2.24) is 5.16 Å². The Morgan fingerprint density at radius 3 is 2.38 bits per heavy atom. The van der Waals surface area contributed by atoms with E-state index in [1.165, 1.54) is 6.07 Å². The molecule has 0 aliphatic heterocycles. The van der Waals surface area contributed by atoms with Gasteiger partial charge in [-0.25, -0.2) is 13.6 Å². The van der Waals surface area contributed by atoms with Gasteiger partial charge >= 0.3 is 0 Å². The second-order valence-electron chi connectivity index (χ2n) is 5.23. The third-order valence-electron chi connectivity index (χ3n) is 3.69. The summed E-state index contributed by atoms with van der Waals surface area (Å²) in [7, 11) is -2.29. The Balaban J connectivity index is 2.22. The van der Waals surface area contributed by atoms with E-state index in [4.69, 9.17) is 14.4 Å². The Bertz CT molecular complexity index is 976. The Kier molecular flexibility index (Phi) is 4.13. The van der Waals surface area contributed by atoms with E-state index in [1.807, 2.05) is 12.1 Å². The summed E-state index contributed by atoms with van der Waals surface area (Å²) < 4.78 is 34.3. The van der Waals surface area contributed by atoms with Gasteiger partial charge in [-0.3, -0.25) is 0 Å². The van der Waals surface area contributed by atoms with Crippen molar-refractivity contribution >= 4 is 10.0 Å². The van der Waals surface area contributed by atoms with Gasteiger partial charge in [-0.1, -0.05) is 23.4 Å². The van der Waals surface area contributed by atoms with Crippen LogP contribution in [0.15, 0.2) is 57.9 Å². The van der Waals surface area contributed by atoms with Gasteiger partial charge < -0.3 is 9.26 Å². The van der Waals surface area contributed by atoms with Crippen LogP contribution in [0.25, 0.3) is 22.4 Å².